The second kappa shape index (κ2) is 7.69. The summed E-state index contributed by atoms with van der Waals surface area (Å²) < 4.78 is 12.2. The summed E-state index contributed by atoms with van der Waals surface area (Å²) in [4.78, 5) is 0. The van der Waals surface area contributed by atoms with Crippen LogP contribution in [0.1, 0.15) is 11.1 Å². The normalized spacial score (nSPS) is 10.5. The standard InChI is InChI=1S/C16H17BrClNO2/c1-20-15-4-2-13(17)8-12(15)10-21-16-5-3-14(18)9-11(16)6-7-19/h2-5,8-9H,6-7,10,19H2,1H3. The molecule has 0 bridgehead atoms. The first-order valence-corrected chi connectivity index (χ1v) is 7.75. The lowest BCUT2D eigenvalue weighted by Crippen LogP contribution is -2.06. The Morgan fingerprint density at radius 3 is 2.57 bits per heavy atom. The molecule has 0 atom stereocenters. The summed E-state index contributed by atoms with van der Waals surface area (Å²) >= 11 is 9.47. The Hall–Kier alpha value is -1.23. The summed E-state index contributed by atoms with van der Waals surface area (Å²) in [5.41, 5.74) is 7.61. The van der Waals surface area contributed by atoms with Gasteiger partial charge in [-0.3, -0.25) is 0 Å². The molecule has 0 unspecified atom stereocenters. The van der Waals surface area contributed by atoms with Gasteiger partial charge in [-0.05, 0) is 54.9 Å². The van der Waals surface area contributed by atoms with Gasteiger partial charge in [0.1, 0.15) is 18.1 Å². The largest absolute Gasteiger partial charge is 0.496 e. The molecule has 21 heavy (non-hydrogen) atoms. The predicted octanol–water partition coefficient (Wildman–Crippen LogP) is 4.19. The van der Waals surface area contributed by atoms with Gasteiger partial charge in [-0.2, -0.15) is 0 Å². The van der Waals surface area contributed by atoms with E-state index in [4.69, 9.17) is 26.8 Å². The Balaban J connectivity index is 2.18. The molecule has 0 aliphatic heterocycles. The minimum Gasteiger partial charge on any atom is -0.496 e. The van der Waals surface area contributed by atoms with E-state index in [-0.39, 0.29) is 0 Å². The number of hydrogen-bond donors (Lipinski definition) is 1. The van der Waals surface area contributed by atoms with Gasteiger partial charge in [-0.15, -0.1) is 0 Å². The van der Waals surface area contributed by atoms with Gasteiger partial charge in [0.25, 0.3) is 0 Å². The van der Waals surface area contributed by atoms with E-state index in [2.05, 4.69) is 15.9 Å². The van der Waals surface area contributed by atoms with Gasteiger partial charge < -0.3 is 15.2 Å². The molecule has 0 saturated carbocycles. The second-order valence-corrected chi connectivity index (χ2v) is 5.89. The summed E-state index contributed by atoms with van der Waals surface area (Å²) in [5, 5.41) is 0.686. The van der Waals surface area contributed by atoms with Crippen molar-refractivity contribution in [2.24, 2.45) is 5.73 Å². The molecule has 2 rings (SSSR count). The summed E-state index contributed by atoms with van der Waals surface area (Å²) in [5.74, 6) is 1.60. The molecule has 0 aromatic heterocycles. The molecule has 0 aliphatic rings. The maximum absolute atomic E-state index is 6.02. The molecule has 0 saturated heterocycles. The maximum atomic E-state index is 6.02. The SMILES string of the molecule is COc1ccc(Br)cc1COc1ccc(Cl)cc1CCN. The highest BCUT2D eigenvalue weighted by atomic mass is 79.9. The van der Waals surface area contributed by atoms with E-state index in [0.29, 0.717) is 18.2 Å². The van der Waals surface area contributed by atoms with Gasteiger partial charge in [0.15, 0.2) is 0 Å². The lowest BCUT2D eigenvalue weighted by molar-refractivity contribution is 0.294. The minimum absolute atomic E-state index is 0.418. The zero-order valence-corrected chi connectivity index (χ0v) is 14.1. The van der Waals surface area contributed by atoms with Crippen molar-refractivity contribution < 1.29 is 9.47 Å². The van der Waals surface area contributed by atoms with E-state index in [0.717, 1.165) is 33.5 Å². The second-order valence-electron chi connectivity index (χ2n) is 4.54. The molecule has 2 aromatic carbocycles. The van der Waals surface area contributed by atoms with Crippen LogP contribution < -0.4 is 15.2 Å². The first-order valence-electron chi connectivity index (χ1n) is 6.57. The monoisotopic (exact) mass is 369 g/mol. The average Bonchev–Trinajstić information content (AvgIpc) is 2.47. The first kappa shape index (κ1) is 16.1. The lowest BCUT2D eigenvalue weighted by atomic mass is 10.1. The van der Waals surface area contributed by atoms with E-state index >= 15 is 0 Å². The molecule has 0 amide bonds. The third-order valence-corrected chi connectivity index (χ3v) is 3.79. The van der Waals surface area contributed by atoms with Crippen LogP contribution in [0.3, 0.4) is 0 Å². The highest BCUT2D eigenvalue weighted by Gasteiger charge is 2.08. The Labute approximate surface area is 138 Å². The van der Waals surface area contributed by atoms with Gasteiger partial charge in [-0.1, -0.05) is 27.5 Å². The molecule has 112 valence electrons. The molecular weight excluding hydrogens is 354 g/mol. The van der Waals surface area contributed by atoms with Crippen molar-refractivity contribution in [3.8, 4) is 11.5 Å². The van der Waals surface area contributed by atoms with Crippen molar-refractivity contribution in [2.45, 2.75) is 13.0 Å². The van der Waals surface area contributed by atoms with Crippen LogP contribution in [0.25, 0.3) is 0 Å². The highest BCUT2D eigenvalue weighted by Crippen LogP contribution is 2.27. The Morgan fingerprint density at radius 1 is 1.10 bits per heavy atom. The summed E-state index contributed by atoms with van der Waals surface area (Å²) in [6.45, 7) is 0.971. The van der Waals surface area contributed by atoms with Crippen molar-refractivity contribution in [2.75, 3.05) is 13.7 Å². The molecule has 0 fully saturated rings. The van der Waals surface area contributed by atoms with E-state index in [1.165, 1.54) is 0 Å². The van der Waals surface area contributed by atoms with Crippen molar-refractivity contribution in [1.82, 2.24) is 0 Å². The third-order valence-electron chi connectivity index (χ3n) is 3.06. The fourth-order valence-corrected chi connectivity index (χ4v) is 2.66. The Morgan fingerprint density at radius 2 is 1.86 bits per heavy atom. The highest BCUT2D eigenvalue weighted by molar-refractivity contribution is 9.10. The van der Waals surface area contributed by atoms with Crippen LogP contribution in [0.15, 0.2) is 40.9 Å². The molecule has 5 heteroatoms. The van der Waals surface area contributed by atoms with E-state index in [9.17, 15) is 0 Å². The van der Waals surface area contributed by atoms with Gasteiger partial charge in [0.05, 0.1) is 7.11 Å². The fourth-order valence-electron chi connectivity index (χ4n) is 2.06. The summed E-state index contributed by atoms with van der Waals surface area (Å²) in [7, 11) is 1.65. The number of rotatable bonds is 6. The third kappa shape index (κ3) is 4.37. The van der Waals surface area contributed by atoms with Crippen molar-refractivity contribution in [3.05, 3.63) is 57.0 Å². The number of halogens is 2. The Kier molecular flexibility index (Phi) is 5.91. The molecule has 2 aromatic rings. The predicted molar refractivity (Wildman–Crippen MR) is 89.2 cm³/mol. The molecule has 0 heterocycles. The van der Waals surface area contributed by atoms with Crippen LogP contribution in [0.5, 0.6) is 11.5 Å². The number of ether oxygens (including phenoxy) is 2. The minimum atomic E-state index is 0.418. The maximum Gasteiger partial charge on any atom is 0.125 e. The molecule has 3 nitrogen and oxygen atoms in total. The topological polar surface area (TPSA) is 44.5 Å². The fraction of sp³-hybridized carbons (Fsp3) is 0.250. The van der Waals surface area contributed by atoms with Gasteiger partial charge >= 0.3 is 0 Å². The molecule has 0 radical (unpaired) electrons. The number of methoxy groups -OCH3 is 1. The molecule has 0 aliphatic carbocycles. The molecule has 2 N–H and O–H groups in total. The van der Waals surface area contributed by atoms with E-state index < -0.39 is 0 Å². The van der Waals surface area contributed by atoms with Crippen LogP contribution in [-0.4, -0.2) is 13.7 Å². The van der Waals surface area contributed by atoms with Crippen LogP contribution in [0, 0.1) is 0 Å². The first-order chi connectivity index (χ1) is 10.1. The van der Waals surface area contributed by atoms with E-state index in [1.54, 1.807) is 7.11 Å². The van der Waals surface area contributed by atoms with Crippen LogP contribution in [0.2, 0.25) is 5.02 Å². The Bertz CT molecular complexity index is 619. The zero-order chi connectivity index (χ0) is 15.2. The van der Waals surface area contributed by atoms with Gasteiger partial charge in [-0.25, -0.2) is 0 Å². The zero-order valence-electron chi connectivity index (χ0n) is 11.7. The number of hydrogen-bond acceptors (Lipinski definition) is 3. The molecular formula is C16H17BrClNO2. The van der Waals surface area contributed by atoms with Crippen molar-refractivity contribution in [1.29, 1.82) is 0 Å². The number of benzene rings is 2. The van der Waals surface area contributed by atoms with Gasteiger partial charge in [0.2, 0.25) is 0 Å². The average molecular weight is 371 g/mol. The van der Waals surface area contributed by atoms with Gasteiger partial charge in [0, 0.05) is 15.1 Å². The summed E-state index contributed by atoms with van der Waals surface area (Å²) in [6, 6.07) is 11.4. The number of nitrogens with two attached hydrogens (primary N) is 1. The summed E-state index contributed by atoms with van der Waals surface area (Å²) in [6.07, 6.45) is 0.728. The van der Waals surface area contributed by atoms with Crippen molar-refractivity contribution in [3.63, 3.8) is 0 Å². The quantitative estimate of drug-likeness (QED) is 0.829. The van der Waals surface area contributed by atoms with E-state index in [1.807, 2.05) is 36.4 Å². The van der Waals surface area contributed by atoms with Crippen LogP contribution in [-0.2, 0) is 13.0 Å². The van der Waals surface area contributed by atoms with Crippen molar-refractivity contribution >= 4 is 27.5 Å². The molecule has 0 spiro atoms. The lowest BCUT2D eigenvalue weighted by Gasteiger charge is -2.14. The van der Waals surface area contributed by atoms with Crippen LogP contribution >= 0.6 is 27.5 Å². The van der Waals surface area contributed by atoms with Crippen LogP contribution in [0.4, 0.5) is 0 Å². The smallest absolute Gasteiger partial charge is 0.125 e.